The van der Waals surface area contributed by atoms with E-state index in [1.54, 1.807) is 0 Å². The van der Waals surface area contributed by atoms with E-state index in [-0.39, 0.29) is 5.91 Å². The topological polar surface area (TPSA) is 58.4 Å². The zero-order valence-corrected chi connectivity index (χ0v) is 11.1. The Bertz CT molecular complexity index is 340. The van der Waals surface area contributed by atoms with E-state index in [1.807, 2.05) is 25.1 Å². The number of para-hydroxylation sites is 1. The van der Waals surface area contributed by atoms with Gasteiger partial charge in [-0.3, -0.25) is 4.79 Å². The average Bonchev–Trinajstić information content (AvgIpc) is 2.40. The fourth-order valence-electron chi connectivity index (χ4n) is 1.81. The molecule has 0 saturated heterocycles. The molecule has 0 atom stereocenters. The predicted octanol–water partition coefficient (Wildman–Crippen LogP) is 1.37. The molecule has 0 aliphatic rings. The lowest BCUT2D eigenvalue weighted by atomic mass is 10.2. The largest absolute Gasteiger partial charge is 0.371 e. The molecule has 1 rings (SSSR count). The number of carbonyl (C=O) groups excluding carboxylic acids is 1. The molecule has 0 fully saturated rings. The van der Waals surface area contributed by atoms with Crippen molar-refractivity contribution in [2.24, 2.45) is 5.73 Å². The third kappa shape index (κ3) is 5.19. The third-order valence-corrected chi connectivity index (χ3v) is 2.74. The molecule has 0 heterocycles. The molecule has 1 amide bonds. The minimum Gasteiger partial charge on any atom is -0.371 e. The molecule has 1 aromatic rings. The van der Waals surface area contributed by atoms with Crippen LogP contribution in [-0.2, 0) is 4.79 Å². The van der Waals surface area contributed by atoms with Crippen LogP contribution >= 0.6 is 0 Å². The van der Waals surface area contributed by atoms with Crippen LogP contribution < -0.4 is 16.0 Å². The minimum atomic E-state index is 0.103. The lowest BCUT2D eigenvalue weighted by Gasteiger charge is -2.24. The number of nitrogens with one attached hydrogen (secondary N) is 1. The van der Waals surface area contributed by atoms with E-state index in [4.69, 9.17) is 5.73 Å². The summed E-state index contributed by atoms with van der Waals surface area (Å²) in [6.07, 6.45) is 1.46. The molecule has 18 heavy (non-hydrogen) atoms. The van der Waals surface area contributed by atoms with Crippen molar-refractivity contribution in [3.8, 4) is 0 Å². The molecule has 0 aliphatic heterocycles. The van der Waals surface area contributed by atoms with Crippen LogP contribution in [0.15, 0.2) is 30.3 Å². The number of nitrogens with zero attached hydrogens (tertiary/aromatic N) is 1. The molecule has 1 aromatic carbocycles. The Labute approximate surface area is 109 Å². The molecule has 100 valence electrons. The van der Waals surface area contributed by atoms with E-state index in [1.165, 1.54) is 0 Å². The van der Waals surface area contributed by atoms with Gasteiger partial charge in [0, 0.05) is 31.7 Å². The van der Waals surface area contributed by atoms with Crippen molar-refractivity contribution >= 4 is 11.6 Å². The second-order valence-electron chi connectivity index (χ2n) is 4.17. The first-order chi connectivity index (χ1) is 8.77. The Morgan fingerprint density at radius 2 is 2.00 bits per heavy atom. The van der Waals surface area contributed by atoms with Crippen molar-refractivity contribution in [1.29, 1.82) is 0 Å². The first-order valence-corrected chi connectivity index (χ1v) is 6.54. The fraction of sp³-hybridized carbons (Fsp3) is 0.500. The quantitative estimate of drug-likeness (QED) is 0.731. The van der Waals surface area contributed by atoms with Gasteiger partial charge in [-0.1, -0.05) is 18.2 Å². The van der Waals surface area contributed by atoms with Gasteiger partial charge in [-0.05, 0) is 32.0 Å². The first-order valence-electron chi connectivity index (χ1n) is 6.54. The number of anilines is 1. The second-order valence-corrected chi connectivity index (χ2v) is 4.17. The maximum atomic E-state index is 11.5. The van der Waals surface area contributed by atoms with Crippen LogP contribution in [0.1, 0.15) is 19.8 Å². The van der Waals surface area contributed by atoms with Gasteiger partial charge in [0.05, 0.1) is 0 Å². The molecule has 4 heteroatoms. The lowest BCUT2D eigenvalue weighted by molar-refractivity contribution is -0.120. The molecule has 0 saturated carbocycles. The Morgan fingerprint density at radius 3 is 2.61 bits per heavy atom. The summed E-state index contributed by atoms with van der Waals surface area (Å²) in [5.74, 6) is 0.103. The number of carbonyl (C=O) groups is 1. The van der Waals surface area contributed by atoms with Crippen LogP contribution in [0, 0.1) is 0 Å². The molecular weight excluding hydrogens is 226 g/mol. The van der Waals surface area contributed by atoms with Crippen molar-refractivity contribution in [3.63, 3.8) is 0 Å². The van der Waals surface area contributed by atoms with Gasteiger partial charge >= 0.3 is 0 Å². The van der Waals surface area contributed by atoms with E-state index < -0.39 is 0 Å². The van der Waals surface area contributed by atoms with Crippen LogP contribution in [0.25, 0.3) is 0 Å². The highest BCUT2D eigenvalue weighted by Crippen LogP contribution is 2.13. The van der Waals surface area contributed by atoms with E-state index in [0.717, 1.165) is 25.2 Å². The summed E-state index contributed by atoms with van der Waals surface area (Å²) < 4.78 is 0. The summed E-state index contributed by atoms with van der Waals surface area (Å²) in [6, 6.07) is 10.1. The SMILES string of the molecule is CCNC(=O)CCN(CCCN)c1ccccc1. The van der Waals surface area contributed by atoms with Crippen LogP contribution in [0.4, 0.5) is 5.69 Å². The first kappa shape index (κ1) is 14.5. The van der Waals surface area contributed by atoms with E-state index in [9.17, 15) is 4.79 Å². The van der Waals surface area contributed by atoms with Gasteiger partial charge < -0.3 is 16.0 Å². The van der Waals surface area contributed by atoms with E-state index in [0.29, 0.717) is 19.5 Å². The van der Waals surface area contributed by atoms with Gasteiger partial charge in [-0.15, -0.1) is 0 Å². The monoisotopic (exact) mass is 249 g/mol. The summed E-state index contributed by atoms with van der Waals surface area (Å²) in [6.45, 7) is 4.91. The summed E-state index contributed by atoms with van der Waals surface area (Å²) >= 11 is 0. The highest BCUT2D eigenvalue weighted by Gasteiger charge is 2.08. The molecule has 0 unspecified atom stereocenters. The van der Waals surface area contributed by atoms with Crippen molar-refractivity contribution in [1.82, 2.24) is 5.32 Å². The van der Waals surface area contributed by atoms with Gasteiger partial charge in [-0.2, -0.15) is 0 Å². The molecule has 3 N–H and O–H groups in total. The molecule has 0 radical (unpaired) electrons. The maximum Gasteiger partial charge on any atom is 0.221 e. The summed E-state index contributed by atoms with van der Waals surface area (Å²) in [4.78, 5) is 13.7. The minimum absolute atomic E-state index is 0.103. The standard InChI is InChI=1S/C14H23N3O/c1-2-16-14(18)9-12-17(11-6-10-15)13-7-4-3-5-8-13/h3-5,7-8H,2,6,9-12,15H2,1H3,(H,16,18). The van der Waals surface area contributed by atoms with Crippen molar-refractivity contribution < 1.29 is 4.79 Å². The average molecular weight is 249 g/mol. The zero-order chi connectivity index (χ0) is 13.2. The normalized spacial score (nSPS) is 10.1. The predicted molar refractivity (Wildman–Crippen MR) is 75.6 cm³/mol. The number of rotatable bonds is 8. The zero-order valence-electron chi connectivity index (χ0n) is 11.1. The molecular formula is C14H23N3O. The number of hydrogen-bond acceptors (Lipinski definition) is 3. The lowest BCUT2D eigenvalue weighted by Crippen LogP contribution is -2.32. The second kappa shape index (κ2) is 8.53. The summed E-state index contributed by atoms with van der Waals surface area (Å²) in [7, 11) is 0. The van der Waals surface area contributed by atoms with Gasteiger partial charge in [0.15, 0.2) is 0 Å². The van der Waals surface area contributed by atoms with Crippen LogP contribution in [0.3, 0.4) is 0 Å². The van der Waals surface area contributed by atoms with Crippen LogP contribution in [0.5, 0.6) is 0 Å². The van der Waals surface area contributed by atoms with E-state index >= 15 is 0 Å². The Kier molecular flexibility index (Phi) is 6.87. The van der Waals surface area contributed by atoms with Gasteiger partial charge in [0.25, 0.3) is 0 Å². The Balaban J connectivity index is 2.53. The Hall–Kier alpha value is -1.55. The van der Waals surface area contributed by atoms with Crippen molar-refractivity contribution in [3.05, 3.63) is 30.3 Å². The summed E-state index contributed by atoms with van der Waals surface area (Å²) in [5.41, 5.74) is 6.70. The van der Waals surface area contributed by atoms with Crippen LogP contribution in [-0.4, -0.2) is 32.1 Å². The Morgan fingerprint density at radius 1 is 1.28 bits per heavy atom. The van der Waals surface area contributed by atoms with Crippen LogP contribution in [0.2, 0.25) is 0 Å². The molecule has 0 aliphatic carbocycles. The number of amides is 1. The molecule has 0 bridgehead atoms. The highest BCUT2D eigenvalue weighted by molar-refractivity contribution is 5.76. The van der Waals surface area contributed by atoms with Crippen molar-refractivity contribution in [2.45, 2.75) is 19.8 Å². The molecule has 4 nitrogen and oxygen atoms in total. The number of hydrogen-bond donors (Lipinski definition) is 2. The van der Waals surface area contributed by atoms with Crippen molar-refractivity contribution in [2.75, 3.05) is 31.1 Å². The fourth-order valence-corrected chi connectivity index (χ4v) is 1.81. The maximum absolute atomic E-state index is 11.5. The number of nitrogens with two attached hydrogens (primary N) is 1. The highest BCUT2D eigenvalue weighted by atomic mass is 16.1. The van der Waals surface area contributed by atoms with E-state index in [2.05, 4.69) is 22.3 Å². The van der Waals surface area contributed by atoms with Gasteiger partial charge in [-0.25, -0.2) is 0 Å². The third-order valence-electron chi connectivity index (χ3n) is 2.74. The molecule has 0 aromatic heterocycles. The van der Waals surface area contributed by atoms with Gasteiger partial charge in [0.1, 0.15) is 0 Å². The van der Waals surface area contributed by atoms with Gasteiger partial charge in [0.2, 0.25) is 5.91 Å². The summed E-state index contributed by atoms with van der Waals surface area (Å²) in [5, 5.41) is 2.82. The number of benzene rings is 1. The smallest absolute Gasteiger partial charge is 0.221 e. The molecule has 0 spiro atoms.